The van der Waals surface area contributed by atoms with E-state index in [0.29, 0.717) is 18.5 Å². The van der Waals surface area contributed by atoms with Crippen LogP contribution in [0.4, 0.5) is 0 Å². The summed E-state index contributed by atoms with van der Waals surface area (Å²) < 4.78 is 0. The van der Waals surface area contributed by atoms with Crippen LogP contribution in [-0.4, -0.2) is 17.0 Å². The number of pyridine rings is 1. The molecule has 0 spiro atoms. The van der Waals surface area contributed by atoms with Gasteiger partial charge in [0.1, 0.15) is 0 Å². The van der Waals surface area contributed by atoms with Crippen LogP contribution in [0, 0.1) is 6.92 Å². The van der Waals surface area contributed by atoms with Crippen molar-refractivity contribution >= 4 is 5.96 Å². The second-order valence-electron chi connectivity index (χ2n) is 3.83. The van der Waals surface area contributed by atoms with Crippen molar-refractivity contribution in [3.05, 3.63) is 29.6 Å². The van der Waals surface area contributed by atoms with E-state index >= 15 is 0 Å². The maximum atomic E-state index is 5.67. The number of rotatable bonds is 3. The molecule has 1 aromatic rings. The lowest BCUT2D eigenvalue weighted by atomic mass is 10.2. The van der Waals surface area contributed by atoms with Crippen molar-refractivity contribution in [3.8, 4) is 0 Å². The number of guanidine groups is 1. The minimum Gasteiger partial charge on any atom is -0.370 e. The molecule has 0 saturated carbocycles. The van der Waals surface area contributed by atoms with Gasteiger partial charge >= 0.3 is 0 Å². The van der Waals surface area contributed by atoms with Crippen LogP contribution >= 0.6 is 0 Å². The Hall–Kier alpha value is -1.58. The SMILES string of the molecule is Cc1ccnc(CN=C(N)NC(C)C)c1. The molecule has 15 heavy (non-hydrogen) atoms. The van der Waals surface area contributed by atoms with E-state index in [0.717, 1.165) is 5.69 Å². The molecule has 0 aliphatic carbocycles. The lowest BCUT2D eigenvalue weighted by Gasteiger charge is -2.08. The van der Waals surface area contributed by atoms with E-state index in [9.17, 15) is 0 Å². The zero-order valence-electron chi connectivity index (χ0n) is 9.49. The van der Waals surface area contributed by atoms with Crippen LogP contribution in [0.5, 0.6) is 0 Å². The molecule has 0 saturated heterocycles. The molecule has 4 heteroatoms. The summed E-state index contributed by atoms with van der Waals surface area (Å²) in [6, 6.07) is 4.27. The zero-order chi connectivity index (χ0) is 11.3. The Morgan fingerprint density at radius 1 is 1.60 bits per heavy atom. The van der Waals surface area contributed by atoms with E-state index in [-0.39, 0.29) is 0 Å². The van der Waals surface area contributed by atoms with Crippen LogP contribution in [-0.2, 0) is 6.54 Å². The highest BCUT2D eigenvalue weighted by Gasteiger charge is 1.96. The molecule has 0 radical (unpaired) electrons. The quantitative estimate of drug-likeness (QED) is 0.577. The zero-order valence-corrected chi connectivity index (χ0v) is 9.49. The van der Waals surface area contributed by atoms with E-state index in [1.807, 2.05) is 32.9 Å². The van der Waals surface area contributed by atoms with Gasteiger partial charge < -0.3 is 11.1 Å². The van der Waals surface area contributed by atoms with E-state index in [4.69, 9.17) is 5.73 Å². The minimum atomic E-state index is 0.305. The number of aliphatic imine (C=N–C) groups is 1. The molecule has 0 aliphatic heterocycles. The highest BCUT2D eigenvalue weighted by molar-refractivity contribution is 5.77. The summed E-state index contributed by atoms with van der Waals surface area (Å²) in [6.45, 7) is 6.60. The summed E-state index contributed by atoms with van der Waals surface area (Å²) >= 11 is 0. The Labute approximate surface area is 90.6 Å². The van der Waals surface area contributed by atoms with Gasteiger partial charge in [0.25, 0.3) is 0 Å². The molecular formula is C11H18N4. The summed E-state index contributed by atoms with van der Waals surface area (Å²) in [7, 11) is 0. The highest BCUT2D eigenvalue weighted by Crippen LogP contribution is 2.00. The predicted octanol–water partition coefficient (Wildman–Crippen LogP) is 1.20. The summed E-state index contributed by atoms with van der Waals surface area (Å²) in [4.78, 5) is 8.40. The summed E-state index contributed by atoms with van der Waals surface area (Å²) in [5, 5.41) is 3.03. The van der Waals surface area contributed by atoms with Gasteiger partial charge in [-0.2, -0.15) is 0 Å². The maximum Gasteiger partial charge on any atom is 0.189 e. The van der Waals surface area contributed by atoms with Gasteiger partial charge in [-0.05, 0) is 38.5 Å². The summed E-state index contributed by atoms with van der Waals surface area (Å²) in [6.07, 6.45) is 1.78. The van der Waals surface area contributed by atoms with Crippen molar-refractivity contribution in [2.45, 2.75) is 33.4 Å². The average Bonchev–Trinajstić information content (AvgIpc) is 2.14. The number of nitrogens with two attached hydrogens (primary N) is 1. The van der Waals surface area contributed by atoms with Gasteiger partial charge in [0.2, 0.25) is 0 Å². The van der Waals surface area contributed by atoms with Crippen LogP contribution in [0.3, 0.4) is 0 Å². The van der Waals surface area contributed by atoms with Gasteiger partial charge in [-0.25, -0.2) is 4.99 Å². The second kappa shape index (κ2) is 5.34. The van der Waals surface area contributed by atoms with Crippen LogP contribution in [0.1, 0.15) is 25.1 Å². The Morgan fingerprint density at radius 3 is 2.93 bits per heavy atom. The van der Waals surface area contributed by atoms with E-state index < -0.39 is 0 Å². The van der Waals surface area contributed by atoms with Gasteiger partial charge in [0.15, 0.2) is 5.96 Å². The van der Waals surface area contributed by atoms with Crippen LogP contribution in [0.15, 0.2) is 23.3 Å². The molecular weight excluding hydrogens is 188 g/mol. The van der Waals surface area contributed by atoms with Crippen LogP contribution in [0.25, 0.3) is 0 Å². The third-order valence-electron chi connectivity index (χ3n) is 1.82. The predicted molar refractivity (Wildman–Crippen MR) is 62.6 cm³/mol. The standard InChI is InChI=1S/C11H18N4/c1-8(2)15-11(12)14-7-10-6-9(3)4-5-13-10/h4-6,8H,7H2,1-3H3,(H3,12,14,15). The van der Waals surface area contributed by atoms with Crippen molar-refractivity contribution in [2.24, 2.45) is 10.7 Å². The smallest absolute Gasteiger partial charge is 0.189 e. The number of nitrogens with zero attached hydrogens (tertiary/aromatic N) is 2. The molecule has 0 fully saturated rings. The topological polar surface area (TPSA) is 63.3 Å². The van der Waals surface area contributed by atoms with Crippen LogP contribution in [0.2, 0.25) is 0 Å². The van der Waals surface area contributed by atoms with Crippen molar-refractivity contribution in [1.29, 1.82) is 0 Å². The van der Waals surface area contributed by atoms with E-state index in [2.05, 4.69) is 15.3 Å². The first-order valence-corrected chi connectivity index (χ1v) is 5.06. The number of aryl methyl sites for hydroxylation is 1. The monoisotopic (exact) mass is 206 g/mol. The first kappa shape index (κ1) is 11.5. The fourth-order valence-electron chi connectivity index (χ4n) is 1.19. The molecule has 82 valence electrons. The normalized spacial score (nSPS) is 11.9. The van der Waals surface area contributed by atoms with Crippen LogP contribution < -0.4 is 11.1 Å². The van der Waals surface area contributed by atoms with Gasteiger partial charge in [0, 0.05) is 12.2 Å². The number of hydrogen-bond donors (Lipinski definition) is 2. The molecule has 0 atom stereocenters. The summed E-state index contributed by atoms with van der Waals surface area (Å²) in [5.74, 6) is 0.466. The Morgan fingerprint density at radius 2 is 2.33 bits per heavy atom. The molecule has 0 aliphatic rings. The molecule has 1 aromatic heterocycles. The Kier molecular flexibility index (Phi) is 4.09. The Balaban J connectivity index is 2.56. The van der Waals surface area contributed by atoms with Crippen molar-refractivity contribution in [2.75, 3.05) is 0 Å². The van der Waals surface area contributed by atoms with Gasteiger partial charge in [-0.15, -0.1) is 0 Å². The van der Waals surface area contributed by atoms with Gasteiger partial charge in [0.05, 0.1) is 12.2 Å². The third-order valence-corrected chi connectivity index (χ3v) is 1.82. The third kappa shape index (κ3) is 4.44. The Bertz CT molecular complexity index is 344. The van der Waals surface area contributed by atoms with E-state index in [1.54, 1.807) is 6.20 Å². The average molecular weight is 206 g/mol. The van der Waals surface area contributed by atoms with Crippen molar-refractivity contribution in [1.82, 2.24) is 10.3 Å². The fraction of sp³-hybridized carbons (Fsp3) is 0.455. The van der Waals surface area contributed by atoms with Crippen molar-refractivity contribution < 1.29 is 0 Å². The molecule has 3 N–H and O–H groups in total. The molecule has 0 unspecified atom stereocenters. The van der Waals surface area contributed by atoms with Gasteiger partial charge in [-0.3, -0.25) is 4.98 Å². The molecule has 0 bridgehead atoms. The largest absolute Gasteiger partial charge is 0.370 e. The first-order valence-electron chi connectivity index (χ1n) is 5.06. The van der Waals surface area contributed by atoms with Gasteiger partial charge in [-0.1, -0.05) is 0 Å². The number of hydrogen-bond acceptors (Lipinski definition) is 2. The fourth-order valence-corrected chi connectivity index (χ4v) is 1.19. The minimum absolute atomic E-state index is 0.305. The lowest BCUT2D eigenvalue weighted by Crippen LogP contribution is -2.36. The number of aromatic nitrogens is 1. The second-order valence-corrected chi connectivity index (χ2v) is 3.83. The number of nitrogens with one attached hydrogen (secondary N) is 1. The molecule has 0 aromatic carbocycles. The van der Waals surface area contributed by atoms with Crippen molar-refractivity contribution in [3.63, 3.8) is 0 Å². The molecule has 1 heterocycles. The highest BCUT2D eigenvalue weighted by atomic mass is 15.1. The summed E-state index contributed by atoms with van der Waals surface area (Å²) in [5.41, 5.74) is 7.79. The molecule has 0 amide bonds. The molecule has 4 nitrogen and oxygen atoms in total. The van der Waals surface area contributed by atoms with E-state index in [1.165, 1.54) is 5.56 Å². The first-order chi connectivity index (χ1) is 7.08. The molecule has 1 rings (SSSR count). The lowest BCUT2D eigenvalue weighted by molar-refractivity contribution is 0.723. The maximum absolute atomic E-state index is 5.67.